The van der Waals surface area contributed by atoms with Crippen LogP contribution in [0.2, 0.25) is 0 Å². The molecule has 0 radical (unpaired) electrons. The Labute approximate surface area is 88.2 Å². The number of nitrogens with zero attached hydrogens (tertiary/aromatic N) is 1. The molecule has 0 saturated carbocycles. The lowest BCUT2D eigenvalue weighted by Crippen LogP contribution is -2.16. The highest BCUT2D eigenvalue weighted by Gasteiger charge is 2.22. The van der Waals surface area contributed by atoms with Crippen molar-refractivity contribution in [3.63, 3.8) is 0 Å². The Morgan fingerprint density at radius 1 is 1.43 bits per heavy atom. The molecule has 1 aliphatic rings. The molecule has 0 N–H and O–H groups in total. The Balaban J connectivity index is 2.67. The second kappa shape index (κ2) is 3.46. The van der Waals surface area contributed by atoms with E-state index in [1.165, 1.54) is 6.07 Å². The van der Waals surface area contributed by atoms with E-state index >= 15 is 0 Å². The van der Waals surface area contributed by atoms with Gasteiger partial charge in [-0.1, -0.05) is 0 Å². The summed E-state index contributed by atoms with van der Waals surface area (Å²) in [5.74, 6) is -0.0164. The van der Waals surface area contributed by atoms with Crippen LogP contribution in [0, 0.1) is 17.1 Å². The van der Waals surface area contributed by atoms with Crippen LogP contribution in [-0.4, -0.2) is 13.2 Å². The second-order valence-electron chi connectivity index (χ2n) is 2.68. The molecule has 1 heterocycles. The third-order valence-electron chi connectivity index (χ3n) is 1.84. The zero-order valence-corrected chi connectivity index (χ0v) is 8.60. The van der Waals surface area contributed by atoms with Gasteiger partial charge in [0.05, 0.1) is 4.47 Å². The summed E-state index contributed by atoms with van der Waals surface area (Å²) in [7, 11) is 0. The molecule has 0 aliphatic carbocycles. The molecule has 1 aromatic rings. The Morgan fingerprint density at radius 2 is 2.14 bits per heavy atom. The van der Waals surface area contributed by atoms with Crippen molar-refractivity contribution in [2.45, 2.75) is 0 Å². The molecule has 1 aromatic carbocycles. The maximum Gasteiger partial charge on any atom is 0.182 e. The third-order valence-corrected chi connectivity index (χ3v) is 2.41. The standard InChI is InChI=1S/C9H5BrFNO2/c10-6-3-7-9(14-2-1-13-7)5(4-12)8(6)11/h3H,1-2H2. The van der Waals surface area contributed by atoms with E-state index in [2.05, 4.69) is 15.9 Å². The zero-order valence-electron chi connectivity index (χ0n) is 7.01. The minimum absolute atomic E-state index is 0.117. The van der Waals surface area contributed by atoms with Crippen molar-refractivity contribution in [2.24, 2.45) is 0 Å². The van der Waals surface area contributed by atoms with Gasteiger partial charge in [-0.25, -0.2) is 4.39 Å². The molecule has 2 rings (SSSR count). The average molecular weight is 258 g/mol. The highest BCUT2D eigenvalue weighted by atomic mass is 79.9. The highest BCUT2D eigenvalue weighted by Crippen LogP contribution is 2.38. The Morgan fingerprint density at radius 3 is 2.86 bits per heavy atom. The number of halogens is 2. The van der Waals surface area contributed by atoms with Gasteiger partial charge in [0.2, 0.25) is 0 Å². The SMILES string of the molecule is N#Cc1c(F)c(Br)cc2c1OCCO2. The normalized spacial score (nSPS) is 13.5. The number of nitriles is 1. The van der Waals surface area contributed by atoms with Crippen LogP contribution in [-0.2, 0) is 0 Å². The molecule has 3 nitrogen and oxygen atoms in total. The van der Waals surface area contributed by atoms with E-state index < -0.39 is 5.82 Å². The maximum atomic E-state index is 13.4. The van der Waals surface area contributed by atoms with E-state index in [1.54, 1.807) is 6.07 Å². The van der Waals surface area contributed by atoms with Crippen molar-refractivity contribution in [1.82, 2.24) is 0 Å². The lowest BCUT2D eigenvalue weighted by atomic mass is 10.2. The van der Waals surface area contributed by atoms with Gasteiger partial charge in [-0.15, -0.1) is 0 Å². The molecule has 0 fully saturated rings. The number of benzene rings is 1. The van der Waals surface area contributed by atoms with Crippen LogP contribution >= 0.6 is 15.9 Å². The van der Waals surface area contributed by atoms with Gasteiger partial charge in [0.15, 0.2) is 17.3 Å². The summed E-state index contributed by atoms with van der Waals surface area (Å²) in [4.78, 5) is 0. The molecule has 0 aromatic heterocycles. The van der Waals surface area contributed by atoms with Crippen molar-refractivity contribution >= 4 is 15.9 Å². The van der Waals surface area contributed by atoms with Crippen LogP contribution in [0.15, 0.2) is 10.5 Å². The quantitative estimate of drug-likeness (QED) is 0.716. The van der Waals surface area contributed by atoms with Gasteiger partial charge in [-0.05, 0) is 15.9 Å². The van der Waals surface area contributed by atoms with E-state index in [4.69, 9.17) is 14.7 Å². The van der Waals surface area contributed by atoms with Crippen molar-refractivity contribution in [2.75, 3.05) is 13.2 Å². The van der Waals surface area contributed by atoms with Gasteiger partial charge < -0.3 is 9.47 Å². The fourth-order valence-corrected chi connectivity index (χ4v) is 1.64. The summed E-state index contributed by atoms with van der Waals surface area (Å²) in [6, 6.07) is 3.22. The first kappa shape index (κ1) is 9.28. The monoisotopic (exact) mass is 257 g/mol. The number of hydrogen-bond donors (Lipinski definition) is 0. The summed E-state index contributed by atoms with van der Waals surface area (Å²) >= 11 is 3.00. The second-order valence-corrected chi connectivity index (χ2v) is 3.54. The van der Waals surface area contributed by atoms with Gasteiger partial charge in [-0.3, -0.25) is 0 Å². The fraction of sp³-hybridized carbons (Fsp3) is 0.222. The van der Waals surface area contributed by atoms with Gasteiger partial charge in [-0.2, -0.15) is 5.26 Å². The van der Waals surface area contributed by atoms with Gasteiger partial charge in [0.25, 0.3) is 0 Å². The van der Waals surface area contributed by atoms with Crippen LogP contribution < -0.4 is 9.47 Å². The summed E-state index contributed by atoms with van der Waals surface area (Å²) < 4.78 is 24.0. The maximum absolute atomic E-state index is 13.4. The number of fused-ring (bicyclic) bond motifs is 1. The molecular weight excluding hydrogens is 253 g/mol. The zero-order chi connectivity index (χ0) is 10.1. The first-order valence-electron chi connectivity index (χ1n) is 3.91. The molecule has 0 atom stereocenters. The third kappa shape index (κ3) is 1.32. The molecule has 0 saturated heterocycles. The van der Waals surface area contributed by atoms with Crippen LogP contribution in [0.4, 0.5) is 4.39 Å². The molecular formula is C9H5BrFNO2. The van der Waals surface area contributed by atoms with Crippen molar-refractivity contribution in [3.05, 3.63) is 21.9 Å². The minimum Gasteiger partial charge on any atom is -0.486 e. The van der Waals surface area contributed by atoms with Crippen molar-refractivity contribution in [3.8, 4) is 17.6 Å². The molecule has 0 spiro atoms. The number of rotatable bonds is 0. The summed E-state index contributed by atoms with van der Waals surface area (Å²) in [5.41, 5.74) is -0.117. The number of hydrogen-bond acceptors (Lipinski definition) is 3. The molecule has 1 aliphatic heterocycles. The minimum atomic E-state index is -0.614. The predicted molar refractivity (Wildman–Crippen MR) is 49.8 cm³/mol. The molecule has 0 unspecified atom stereocenters. The topological polar surface area (TPSA) is 42.2 Å². The largest absolute Gasteiger partial charge is 0.486 e. The summed E-state index contributed by atoms with van der Waals surface area (Å²) in [5, 5.41) is 8.75. The number of ether oxygens (including phenoxy) is 2. The Kier molecular flexibility index (Phi) is 2.30. The first-order chi connectivity index (χ1) is 6.74. The average Bonchev–Trinajstić information content (AvgIpc) is 2.20. The van der Waals surface area contributed by atoms with Gasteiger partial charge >= 0.3 is 0 Å². The van der Waals surface area contributed by atoms with Crippen LogP contribution in [0.1, 0.15) is 5.56 Å². The summed E-state index contributed by atoms with van der Waals surface area (Å²) in [6.45, 7) is 0.749. The van der Waals surface area contributed by atoms with E-state index in [9.17, 15) is 4.39 Å². The molecule has 0 amide bonds. The van der Waals surface area contributed by atoms with Gasteiger partial charge in [0, 0.05) is 6.07 Å². The van der Waals surface area contributed by atoms with Crippen LogP contribution in [0.3, 0.4) is 0 Å². The first-order valence-corrected chi connectivity index (χ1v) is 4.71. The Hall–Kier alpha value is -1.28. The molecule has 14 heavy (non-hydrogen) atoms. The van der Waals surface area contributed by atoms with Crippen LogP contribution in [0.25, 0.3) is 0 Å². The fourth-order valence-electron chi connectivity index (χ4n) is 1.23. The smallest absolute Gasteiger partial charge is 0.182 e. The van der Waals surface area contributed by atoms with E-state index in [-0.39, 0.29) is 15.8 Å². The molecule has 0 bridgehead atoms. The highest BCUT2D eigenvalue weighted by molar-refractivity contribution is 9.10. The molecule has 72 valence electrons. The van der Waals surface area contributed by atoms with E-state index in [0.29, 0.717) is 19.0 Å². The molecule has 5 heteroatoms. The van der Waals surface area contributed by atoms with Crippen LogP contribution in [0.5, 0.6) is 11.5 Å². The lowest BCUT2D eigenvalue weighted by Gasteiger charge is -2.19. The predicted octanol–water partition coefficient (Wildman–Crippen LogP) is 2.23. The Bertz CT molecular complexity index is 428. The van der Waals surface area contributed by atoms with Crippen molar-refractivity contribution < 1.29 is 13.9 Å². The summed E-state index contributed by atoms with van der Waals surface area (Å²) in [6.07, 6.45) is 0. The van der Waals surface area contributed by atoms with Crippen molar-refractivity contribution in [1.29, 1.82) is 5.26 Å². The lowest BCUT2D eigenvalue weighted by molar-refractivity contribution is 0.170. The van der Waals surface area contributed by atoms with Gasteiger partial charge in [0.1, 0.15) is 24.8 Å². The van der Waals surface area contributed by atoms with E-state index in [0.717, 1.165) is 0 Å². The van der Waals surface area contributed by atoms with E-state index in [1.807, 2.05) is 0 Å².